The molecular weight excluding hydrogens is 264 g/mol. The SMILES string of the molecule is CCCN(C/C=C/c1ccccc1)C(=O)C1CC(N)NN1. The number of rotatable bonds is 6. The van der Waals surface area contributed by atoms with Crippen LogP contribution in [0.5, 0.6) is 0 Å². The van der Waals surface area contributed by atoms with Gasteiger partial charge < -0.3 is 10.6 Å². The van der Waals surface area contributed by atoms with Crippen LogP contribution >= 0.6 is 0 Å². The predicted octanol–water partition coefficient (Wildman–Crippen LogP) is 1.09. The zero-order valence-electron chi connectivity index (χ0n) is 12.5. The molecule has 1 aromatic rings. The Labute approximate surface area is 126 Å². The van der Waals surface area contributed by atoms with E-state index in [2.05, 4.69) is 17.8 Å². The zero-order chi connectivity index (χ0) is 15.1. The van der Waals surface area contributed by atoms with Gasteiger partial charge in [0, 0.05) is 19.5 Å². The molecule has 0 radical (unpaired) electrons. The van der Waals surface area contributed by atoms with E-state index >= 15 is 0 Å². The number of amides is 1. The van der Waals surface area contributed by atoms with Crippen molar-refractivity contribution in [1.29, 1.82) is 0 Å². The van der Waals surface area contributed by atoms with Crippen molar-refractivity contribution in [2.45, 2.75) is 32.0 Å². The second-order valence-corrected chi connectivity index (χ2v) is 5.28. The molecule has 1 aliphatic heterocycles. The smallest absolute Gasteiger partial charge is 0.241 e. The van der Waals surface area contributed by atoms with Crippen molar-refractivity contribution >= 4 is 12.0 Å². The van der Waals surface area contributed by atoms with Crippen LogP contribution in [0.4, 0.5) is 0 Å². The molecule has 114 valence electrons. The first-order valence-corrected chi connectivity index (χ1v) is 7.47. The Balaban J connectivity index is 1.92. The highest BCUT2D eigenvalue weighted by Gasteiger charge is 2.29. The summed E-state index contributed by atoms with van der Waals surface area (Å²) in [6.45, 7) is 3.45. The normalized spacial score (nSPS) is 21.8. The van der Waals surface area contributed by atoms with Crippen molar-refractivity contribution in [3.63, 3.8) is 0 Å². The van der Waals surface area contributed by atoms with Crippen molar-refractivity contribution < 1.29 is 4.79 Å². The molecule has 0 aromatic heterocycles. The Kier molecular flexibility index (Phi) is 5.92. The minimum Gasteiger partial charge on any atom is -0.338 e. The maximum atomic E-state index is 12.5. The molecule has 1 aliphatic rings. The van der Waals surface area contributed by atoms with Crippen LogP contribution in [-0.4, -0.2) is 36.1 Å². The lowest BCUT2D eigenvalue weighted by atomic mass is 10.1. The second kappa shape index (κ2) is 7.93. The molecule has 5 heteroatoms. The first kappa shape index (κ1) is 15.7. The number of carbonyl (C=O) groups is 1. The van der Waals surface area contributed by atoms with Gasteiger partial charge in [0.15, 0.2) is 0 Å². The summed E-state index contributed by atoms with van der Waals surface area (Å²) >= 11 is 0. The fourth-order valence-electron chi connectivity index (χ4n) is 2.40. The van der Waals surface area contributed by atoms with Crippen LogP contribution < -0.4 is 16.6 Å². The van der Waals surface area contributed by atoms with Gasteiger partial charge in [-0.25, -0.2) is 10.9 Å². The second-order valence-electron chi connectivity index (χ2n) is 5.28. The molecular formula is C16H24N4O. The van der Waals surface area contributed by atoms with Gasteiger partial charge in [0.05, 0.1) is 6.17 Å². The Morgan fingerprint density at radius 3 is 2.76 bits per heavy atom. The van der Waals surface area contributed by atoms with Crippen LogP contribution in [0, 0.1) is 0 Å². The van der Waals surface area contributed by atoms with Crippen LogP contribution in [0.3, 0.4) is 0 Å². The van der Waals surface area contributed by atoms with Gasteiger partial charge in [0.2, 0.25) is 5.91 Å². The zero-order valence-corrected chi connectivity index (χ0v) is 12.5. The van der Waals surface area contributed by atoms with Crippen molar-refractivity contribution in [1.82, 2.24) is 15.8 Å². The van der Waals surface area contributed by atoms with Gasteiger partial charge in [0.1, 0.15) is 6.04 Å². The van der Waals surface area contributed by atoms with E-state index in [-0.39, 0.29) is 18.1 Å². The lowest BCUT2D eigenvalue weighted by molar-refractivity contribution is -0.132. The molecule has 0 saturated carbocycles. The molecule has 4 N–H and O–H groups in total. The summed E-state index contributed by atoms with van der Waals surface area (Å²) in [5.74, 6) is 0.106. The number of hydrogen-bond donors (Lipinski definition) is 3. The monoisotopic (exact) mass is 288 g/mol. The maximum absolute atomic E-state index is 12.5. The van der Waals surface area contributed by atoms with Gasteiger partial charge in [0.25, 0.3) is 0 Å². The number of nitrogens with zero attached hydrogens (tertiary/aromatic N) is 1. The van der Waals surface area contributed by atoms with Crippen molar-refractivity contribution in [2.75, 3.05) is 13.1 Å². The Hall–Kier alpha value is -1.69. The van der Waals surface area contributed by atoms with Crippen molar-refractivity contribution in [3.05, 3.63) is 42.0 Å². The van der Waals surface area contributed by atoms with Gasteiger partial charge in [-0.1, -0.05) is 49.4 Å². The first-order chi connectivity index (χ1) is 10.2. The molecule has 5 nitrogen and oxygen atoms in total. The standard InChI is InChI=1S/C16H24N4O/c1-2-10-20(16(21)14-12-15(17)19-18-14)11-6-9-13-7-4-3-5-8-13/h3-9,14-15,18-19H,2,10-12,17H2,1H3/b9-6+. The van der Waals surface area contributed by atoms with E-state index in [1.165, 1.54) is 0 Å². The van der Waals surface area contributed by atoms with Crippen LogP contribution in [0.15, 0.2) is 36.4 Å². The third-order valence-corrected chi connectivity index (χ3v) is 3.47. The average molecular weight is 288 g/mol. The van der Waals surface area contributed by atoms with E-state index in [0.29, 0.717) is 13.0 Å². The quantitative estimate of drug-likeness (QED) is 0.733. The summed E-state index contributed by atoms with van der Waals surface area (Å²) < 4.78 is 0. The lowest BCUT2D eigenvalue weighted by Crippen LogP contribution is -2.46. The molecule has 0 aliphatic carbocycles. The molecule has 1 aromatic carbocycles. The minimum absolute atomic E-state index is 0.106. The highest BCUT2D eigenvalue weighted by molar-refractivity contribution is 5.82. The van der Waals surface area contributed by atoms with E-state index in [9.17, 15) is 4.79 Å². The Morgan fingerprint density at radius 2 is 2.14 bits per heavy atom. The molecule has 1 fully saturated rings. The number of benzene rings is 1. The van der Waals surface area contributed by atoms with Crippen molar-refractivity contribution in [2.24, 2.45) is 5.73 Å². The summed E-state index contributed by atoms with van der Waals surface area (Å²) in [5.41, 5.74) is 12.8. The van der Waals surface area contributed by atoms with Crippen molar-refractivity contribution in [3.8, 4) is 0 Å². The summed E-state index contributed by atoms with van der Waals surface area (Å²) in [5, 5.41) is 0. The van der Waals surface area contributed by atoms with E-state index in [4.69, 9.17) is 5.73 Å². The number of nitrogens with one attached hydrogen (secondary N) is 2. The molecule has 21 heavy (non-hydrogen) atoms. The third-order valence-electron chi connectivity index (χ3n) is 3.47. The maximum Gasteiger partial charge on any atom is 0.241 e. The minimum atomic E-state index is -0.225. The number of hydrogen-bond acceptors (Lipinski definition) is 4. The Bertz CT molecular complexity index is 474. The molecule has 2 rings (SSSR count). The molecule has 0 spiro atoms. The topological polar surface area (TPSA) is 70.4 Å². The first-order valence-electron chi connectivity index (χ1n) is 7.47. The molecule has 1 heterocycles. The van der Waals surface area contributed by atoms with E-state index in [1.807, 2.05) is 47.4 Å². The van der Waals surface area contributed by atoms with Crippen LogP contribution in [0.1, 0.15) is 25.3 Å². The van der Waals surface area contributed by atoms with Gasteiger partial charge in [-0.3, -0.25) is 4.79 Å². The molecule has 2 unspecified atom stereocenters. The van der Waals surface area contributed by atoms with E-state index in [0.717, 1.165) is 18.5 Å². The van der Waals surface area contributed by atoms with Gasteiger partial charge >= 0.3 is 0 Å². The number of carbonyl (C=O) groups excluding carboxylic acids is 1. The van der Waals surface area contributed by atoms with Crippen LogP contribution in [0.2, 0.25) is 0 Å². The van der Waals surface area contributed by atoms with E-state index < -0.39 is 0 Å². The van der Waals surface area contributed by atoms with Crippen LogP contribution in [-0.2, 0) is 4.79 Å². The summed E-state index contributed by atoms with van der Waals surface area (Å²) in [4.78, 5) is 14.3. The summed E-state index contributed by atoms with van der Waals surface area (Å²) in [6, 6.07) is 9.87. The lowest BCUT2D eigenvalue weighted by Gasteiger charge is -2.23. The van der Waals surface area contributed by atoms with Gasteiger partial charge in [-0.2, -0.15) is 0 Å². The number of nitrogens with two attached hydrogens (primary N) is 1. The molecule has 0 bridgehead atoms. The van der Waals surface area contributed by atoms with Gasteiger partial charge in [-0.05, 0) is 12.0 Å². The largest absolute Gasteiger partial charge is 0.338 e. The Morgan fingerprint density at radius 1 is 1.38 bits per heavy atom. The fourth-order valence-corrected chi connectivity index (χ4v) is 2.40. The summed E-state index contributed by atoms with van der Waals surface area (Å²) in [7, 11) is 0. The highest BCUT2D eigenvalue weighted by atomic mass is 16.2. The predicted molar refractivity (Wildman–Crippen MR) is 85.0 cm³/mol. The molecule has 1 amide bonds. The van der Waals surface area contributed by atoms with E-state index in [1.54, 1.807) is 0 Å². The van der Waals surface area contributed by atoms with Gasteiger partial charge in [-0.15, -0.1) is 0 Å². The molecule has 1 saturated heterocycles. The number of hydrazine groups is 1. The van der Waals surface area contributed by atoms with Crippen LogP contribution in [0.25, 0.3) is 6.08 Å². The fraction of sp³-hybridized carbons (Fsp3) is 0.438. The summed E-state index contributed by atoms with van der Waals surface area (Å²) in [6.07, 6.45) is 5.49. The molecule has 2 atom stereocenters. The third kappa shape index (κ3) is 4.67. The average Bonchev–Trinajstić information content (AvgIpc) is 2.93. The highest BCUT2D eigenvalue weighted by Crippen LogP contribution is 2.07.